The number of allylic oxidation sites excluding steroid dienone is 14. The fourth-order valence-electron chi connectivity index (χ4n) is 7.83. The zero-order chi connectivity index (χ0) is 49.9. The summed E-state index contributed by atoms with van der Waals surface area (Å²) in [6, 6.07) is -0.741. The number of hydrogen-bond donors (Lipinski definition) is 0. The van der Waals surface area contributed by atoms with Crippen molar-refractivity contribution >= 4 is 17.9 Å². The first-order valence-corrected chi connectivity index (χ1v) is 27.6. The molecule has 2 unspecified atom stereocenters. The van der Waals surface area contributed by atoms with Gasteiger partial charge in [0.05, 0.1) is 40.3 Å². The number of carboxylic acid groups (broad SMARTS) is 1. The maximum absolute atomic E-state index is 12.8. The van der Waals surface area contributed by atoms with Crippen LogP contribution in [-0.4, -0.2) is 75.5 Å². The number of likely N-dealkylation sites (N-methyl/N-ethyl adjacent to an activating group) is 1. The van der Waals surface area contributed by atoms with E-state index in [4.69, 9.17) is 14.2 Å². The number of unbranched alkanes of at least 4 members (excludes halogenated alkanes) is 21. The highest BCUT2D eigenvalue weighted by Gasteiger charge is 2.25. The van der Waals surface area contributed by atoms with Gasteiger partial charge >= 0.3 is 11.9 Å². The average Bonchev–Trinajstić information content (AvgIpc) is 3.30. The van der Waals surface area contributed by atoms with Crippen LogP contribution < -0.4 is 5.11 Å². The molecule has 0 amide bonds. The van der Waals surface area contributed by atoms with Gasteiger partial charge in [-0.25, -0.2) is 0 Å². The van der Waals surface area contributed by atoms with Gasteiger partial charge in [0.15, 0.2) is 6.10 Å². The summed E-state index contributed by atoms with van der Waals surface area (Å²) in [7, 11) is 5.40. The molecular weight excluding hydrogens is 847 g/mol. The Morgan fingerprint density at radius 2 is 0.824 bits per heavy atom. The number of carbonyl (C=O) groups excluding carboxylic acids is 3. The van der Waals surface area contributed by atoms with Crippen LogP contribution in [-0.2, 0) is 28.6 Å². The predicted molar refractivity (Wildman–Crippen MR) is 286 cm³/mol. The number of quaternary nitrogens is 1. The Morgan fingerprint density at radius 3 is 1.21 bits per heavy atom. The van der Waals surface area contributed by atoms with E-state index in [0.29, 0.717) is 12.8 Å². The van der Waals surface area contributed by atoms with Gasteiger partial charge in [0, 0.05) is 19.3 Å². The molecule has 0 aliphatic heterocycles. The van der Waals surface area contributed by atoms with Crippen molar-refractivity contribution < 1.29 is 38.2 Å². The van der Waals surface area contributed by atoms with Crippen molar-refractivity contribution in [3.05, 3.63) is 85.1 Å². The molecule has 0 rings (SSSR count). The second-order valence-electron chi connectivity index (χ2n) is 19.4. The third kappa shape index (κ3) is 47.6. The summed E-state index contributed by atoms with van der Waals surface area (Å²) < 4.78 is 17.2. The van der Waals surface area contributed by atoms with E-state index in [9.17, 15) is 19.5 Å². The fraction of sp³-hybridized carbons (Fsp3) is 0.717. The molecule has 0 N–H and O–H groups in total. The Labute approximate surface area is 418 Å². The number of carboxylic acids is 1. The highest BCUT2D eigenvalue weighted by atomic mass is 16.6. The quantitative estimate of drug-likeness (QED) is 0.0259. The molecule has 0 aromatic rings. The molecule has 0 spiro atoms. The second-order valence-corrected chi connectivity index (χ2v) is 19.4. The zero-order valence-corrected chi connectivity index (χ0v) is 44.5. The number of ether oxygens (including phenoxy) is 3. The monoisotopic (exact) mass is 950 g/mol. The number of carbonyl (C=O) groups is 3. The van der Waals surface area contributed by atoms with Crippen LogP contribution in [0.3, 0.4) is 0 Å². The summed E-state index contributed by atoms with van der Waals surface area (Å²) in [5, 5.41) is 11.7. The van der Waals surface area contributed by atoms with Crippen LogP contribution in [0.2, 0.25) is 0 Å². The molecule has 390 valence electrons. The van der Waals surface area contributed by atoms with Gasteiger partial charge in [-0.05, 0) is 64.2 Å². The van der Waals surface area contributed by atoms with E-state index in [1.807, 2.05) is 0 Å². The van der Waals surface area contributed by atoms with Crippen molar-refractivity contribution in [2.24, 2.45) is 0 Å². The second kappa shape index (κ2) is 49.9. The minimum absolute atomic E-state index is 0.0150. The molecule has 8 heteroatoms. The molecule has 0 aromatic carbocycles. The third-order valence-corrected chi connectivity index (χ3v) is 12.0. The first kappa shape index (κ1) is 64.5. The highest BCUT2D eigenvalue weighted by molar-refractivity contribution is 5.70. The summed E-state index contributed by atoms with van der Waals surface area (Å²) in [6.07, 6.45) is 66.3. The zero-order valence-electron chi connectivity index (χ0n) is 44.5. The Morgan fingerprint density at radius 1 is 0.456 bits per heavy atom. The number of rotatable bonds is 49. The lowest BCUT2D eigenvalue weighted by Gasteiger charge is -2.34. The average molecular weight is 950 g/mol. The highest BCUT2D eigenvalue weighted by Crippen LogP contribution is 2.16. The topological polar surface area (TPSA) is 102 Å². The van der Waals surface area contributed by atoms with E-state index in [0.717, 1.165) is 70.6 Å². The normalized spacial score (nSPS) is 13.5. The maximum Gasteiger partial charge on any atom is 0.306 e. The van der Waals surface area contributed by atoms with Crippen molar-refractivity contribution in [2.75, 3.05) is 41.0 Å². The molecule has 68 heavy (non-hydrogen) atoms. The molecule has 8 nitrogen and oxygen atoms in total. The van der Waals surface area contributed by atoms with Crippen molar-refractivity contribution in [3.8, 4) is 0 Å². The largest absolute Gasteiger partial charge is 0.544 e. The SMILES string of the molecule is CC/C=C/C/C=C/C/C=C/C/C=C/C/C=C/C/C=C/C/C=C/CCCC(=O)OC(COCCC(C(=O)[O-])[N+](C)(C)C)COC(=O)CCCCCCCCCCCCCCCCCCCCCCC. The standard InChI is InChI=1S/C60H103NO7/c1-6-8-10-12-14-16-18-20-22-24-26-28-29-31-33-35-37-39-41-43-45-47-49-51-59(63)68-56(54-66-53-52-57(60(64)65)61(3,4)5)55-67-58(62)50-48-46-44-42-40-38-36-34-32-30-27-25-23-21-19-17-15-13-11-9-7-2/h8,10,14,16,20,22,26,28,31,33,37,39,43,45,56-57H,6-7,9,11-13,15,17-19,21,23-25,27,29-30,32,34-36,38,40-42,44,46-55H2,1-5H3/b10-8+,16-14+,22-20+,28-26+,33-31+,39-37+,45-43+. The van der Waals surface area contributed by atoms with E-state index in [-0.39, 0.29) is 49.1 Å². The Kier molecular flexibility index (Phi) is 47.4. The lowest BCUT2D eigenvalue weighted by molar-refractivity contribution is -0.889. The summed E-state index contributed by atoms with van der Waals surface area (Å²) in [5.41, 5.74) is 0. The van der Waals surface area contributed by atoms with Gasteiger partial charge in [-0.2, -0.15) is 0 Å². The maximum atomic E-state index is 12.8. The lowest BCUT2D eigenvalue weighted by atomic mass is 10.0. The number of aliphatic carboxylic acids is 1. The van der Waals surface area contributed by atoms with Crippen LogP contribution in [0.1, 0.15) is 226 Å². The van der Waals surface area contributed by atoms with Crippen LogP contribution in [0.25, 0.3) is 0 Å². The minimum atomic E-state index is -1.13. The smallest absolute Gasteiger partial charge is 0.306 e. The minimum Gasteiger partial charge on any atom is -0.544 e. The van der Waals surface area contributed by atoms with E-state index in [1.165, 1.54) is 116 Å². The molecule has 0 aliphatic rings. The van der Waals surface area contributed by atoms with Gasteiger partial charge in [0.25, 0.3) is 0 Å². The van der Waals surface area contributed by atoms with E-state index < -0.39 is 18.1 Å². The summed E-state index contributed by atoms with van der Waals surface area (Å²) in [6.45, 7) is 4.51. The predicted octanol–water partition coefficient (Wildman–Crippen LogP) is 15.1. The molecule has 0 bridgehead atoms. The number of esters is 2. The molecule has 0 aromatic heterocycles. The van der Waals surface area contributed by atoms with Crippen LogP contribution in [0, 0.1) is 0 Å². The molecule has 0 heterocycles. The van der Waals surface area contributed by atoms with Crippen molar-refractivity contribution in [1.29, 1.82) is 0 Å². The Hall–Kier alpha value is -3.49. The van der Waals surface area contributed by atoms with Crippen LogP contribution >= 0.6 is 0 Å². The summed E-state index contributed by atoms with van der Waals surface area (Å²) in [5.74, 6) is -1.81. The Bertz CT molecular complexity index is 1380. The van der Waals surface area contributed by atoms with E-state index in [2.05, 4.69) is 98.9 Å². The molecule has 0 radical (unpaired) electrons. The van der Waals surface area contributed by atoms with Crippen LogP contribution in [0.5, 0.6) is 0 Å². The van der Waals surface area contributed by atoms with Gasteiger partial charge in [-0.3, -0.25) is 9.59 Å². The summed E-state index contributed by atoms with van der Waals surface area (Å²) >= 11 is 0. The summed E-state index contributed by atoms with van der Waals surface area (Å²) in [4.78, 5) is 37.1. The molecular formula is C60H103NO7. The van der Waals surface area contributed by atoms with Crippen LogP contribution in [0.4, 0.5) is 0 Å². The molecule has 2 atom stereocenters. The van der Waals surface area contributed by atoms with Gasteiger partial charge in [0.1, 0.15) is 12.6 Å². The van der Waals surface area contributed by atoms with Gasteiger partial charge in [-0.15, -0.1) is 0 Å². The lowest BCUT2D eigenvalue weighted by Crippen LogP contribution is -2.55. The van der Waals surface area contributed by atoms with Crippen molar-refractivity contribution in [2.45, 2.75) is 238 Å². The van der Waals surface area contributed by atoms with Gasteiger partial charge in [0.2, 0.25) is 0 Å². The molecule has 0 fully saturated rings. The molecule has 0 saturated heterocycles. The van der Waals surface area contributed by atoms with Gasteiger partial charge in [-0.1, -0.05) is 227 Å². The van der Waals surface area contributed by atoms with Crippen molar-refractivity contribution in [1.82, 2.24) is 0 Å². The van der Waals surface area contributed by atoms with E-state index >= 15 is 0 Å². The first-order chi connectivity index (χ1) is 33.1. The first-order valence-electron chi connectivity index (χ1n) is 27.6. The van der Waals surface area contributed by atoms with E-state index in [1.54, 1.807) is 21.1 Å². The number of hydrogen-bond acceptors (Lipinski definition) is 7. The fourth-order valence-corrected chi connectivity index (χ4v) is 7.83. The van der Waals surface area contributed by atoms with Gasteiger partial charge < -0.3 is 28.6 Å². The van der Waals surface area contributed by atoms with Crippen LogP contribution in [0.15, 0.2) is 85.1 Å². The number of nitrogens with zero attached hydrogens (tertiary/aromatic N) is 1. The van der Waals surface area contributed by atoms with Crippen molar-refractivity contribution in [3.63, 3.8) is 0 Å². The Balaban J connectivity index is 4.31. The molecule has 0 saturated carbocycles. The third-order valence-electron chi connectivity index (χ3n) is 12.0. The molecule has 0 aliphatic carbocycles.